The molecule has 0 aromatic carbocycles. The number of carbonyl (C=O) groups is 4. The number of unbranched alkanes of at least 4 members (excludes halogenated alkanes) is 19. The molecule has 0 bridgehead atoms. The first-order chi connectivity index (χ1) is 24.6. The third-order valence-corrected chi connectivity index (χ3v) is 9.84. The number of amides is 3. The van der Waals surface area contributed by atoms with E-state index in [0.717, 1.165) is 44.9 Å². The maximum atomic E-state index is 14.0. The average molecular weight is 728 g/mol. The summed E-state index contributed by atoms with van der Waals surface area (Å²) in [6.07, 6.45) is 19.0. The quantitative estimate of drug-likeness (QED) is 0.0312. The molecule has 13 nitrogen and oxygen atoms in total. The number of nitrogens with zero attached hydrogens (tertiary/aromatic N) is 1. The van der Waals surface area contributed by atoms with Gasteiger partial charge < -0.3 is 42.2 Å². The summed E-state index contributed by atoms with van der Waals surface area (Å²) in [5, 5.41) is 36.5. The Balaban J connectivity index is 2.99. The molecule has 9 N–H and O–H groups in total. The van der Waals surface area contributed by atoms with Gasteiger partial charge in [-0.3, -0.25) is 24.1 Å². The summed E-state index contributed by atoms with van der Waals surface area (Å²) in [5.74, 6) is -4.53. The molecule has 1 saturated heterocycles. The van der Waals surface area contributed by atoms with E-state index < -0.39 is 67.5 Å². The summed E-state index contributed by atoms with van der Waals surface area (Å²) in [6.45, 7) is 2.94. The highest BCUT2D eigenvalue weighted by Crippen LogP contribution is 2.32. The Bertz CT molecular complexity index is 973. The molecular weight excluding hydrogens is 654 g/mol. The molecule has 5 atom stereocenters. The lowest BCUT2D eigenvalue weighted by Gasteiger charge is -2.50. The lowest BCUT2D eigenvalue weighted by Crippen LogP contribution is -2.72. The lowest BCUT2D eigenvalue weighted by atomic mass is 9.96. The van der Waals surface area contributed by atoms with E-state index in [4.69, 9.17) is 16.2 Å². The number of ketones is 1. The second-order valence-electron chi connectivity index (χ2n) is 14.3. The molecule has 1 heterocycles. The van der Waals surface area contributed by atoms with Crippen molar-refractivity contribution in [2.45, 2.75) is 192 Å². The first kappa shape index (κ1) is 46.9. The molecule has 0 aromatic heterocycles. The summed E-state index contributed by atoms with van der Waals surface area (Å²) in [4.78, 5) is 52.8. The number of nitrogens with one attached hydrogen (secondary N) is 2. The molecule has 0 aliphatic carbocycles. The molecule has 3 amide bonds. The molecule has 298 valence electrons. The average Bonchev–Trinajstić information content (AvgIpc) is 3.12. The summed E-state index contributed by atoms with van der Waals surface area (Å²) in [5.41, 5.74) is 10.9. The number of rotatable bonds is 31. The molecule has 1 rings (SSSR count). The molecule has 0 unspecified atom stereocenters. The SMILES string of the molecule is CCCCCCCCCCCCCCN(C(=O)CCCCCCCCCCC)[C@@]1(NC(=O)CNC(=O)[C@@H](N)C(=O)CN)C[C@@H](O)[C@H](O)[C@@H](CO)O1. The van der Waals surface area contributed by atoms with Crippen molar-refractivity contribution in [2.24, 2.45) is 11.5 Å². The highest BCUT2D eigenvalue weighted by Gasteiger charge is 2.52. The molecule has 0 saturated carbocycles. The van der Waals surface area contributed by atoms with Crippen LogP contribution in [-0.4, -0.2) is 100 Å². The second kappa shape index (κ2) is 28.4. The van der Waals surface area contributed by atoms with Crippen LogP contribution in [0.3, 0.4) is 0 Å². The van der Waals surface area contributed by atoms with Crippen LogP contribution >= 0.6 is 0 Å². The van der Waals surface area contributed by atoms with Crippen LogP contribution in [-0.2, 0) is 23.9 Å². The number of aliphatic hydroxyl groups is 3. The molecule has 0 spiro atoms. The number of carbonyl (C=O) groups excluding carboxylic acids is 4. The normalized spacial score (nSPS) is 20.9. The van der Waals surface area contributed by atoms with Gasteiger partial charge in [0, 0.05) is 19.4 Å². The van der Waals surface area contributed by atoms with Gasteiger partial charge in [-0.25, -0.2) is 0 Å². The van der Waals surface area contributed by atoms with Crippen LogP contribution in [0.25, 0.3) is 0 Å². The van der Waals surface area contributed by atoms with Gasteiger partial charge in [0.15, 0.2) is 5.78 Å². The van der Waals surface area contributed by atoms with Crippen molar-refractivity contribution < 1.29 is 39.2 Å². The van der Waals surface area contributed by atoms with Gasteiger partial charge in [0.05, 0.1) is 25.8 Å². The van der Waals surface area contributed by atoms with Crippen LogP contribution in [0, 0.1) is 0 Å². The van der Waals surface area contributed by atoms with Crippen LogP contribution in [0.2, 0.25) is 0 Å². The molecule has 13 heteroatoms. The number of Topliss-reactive ketones (excluding diaryl/α,β-unsaturated/α-hetero) is 1. The Kier molecular flexibility index (Phi) is 26.1. The highest BCUT2D eigenvalue weighted by molar-refractivity contribution is 6.06. The van der Waals surface area contributed by atoms with E-state index in [9.17, 15) is 34.5 Å². The zero-order valence-electron chi connectivity index (χ0n) is 31.9. The monoisotopic (exact) mass is 728 g/mol. The minimum absolute atomic E-state index is 0.199. The Morgan fingerprint density at radius 3 is 1.73 bits per heavy atom. The summed E-state index contributed by atoms with van der Waals surface area (Å²) in [6, 6.07) is -1.54. The largest absolute Gasteiger partial charge is 0.394 e. The van der Waals surface area contributed by atoms with Gasteiger partial charge in [0.1, 0.15) is 18.2 Å². The first-order valence-corrected chi connectivity index (χ1v) is 20.1. The maximum Gasteiger partial charge on any atom is 0.245 e. The predicted octanol–water partition coefficient (Wildman–Crippen LogP) is 3.68. The highest BCUT2D eigenvalue weighted by atomic mass is 16.6. The number of ether oxygens (including phenoxy) is 1. The molecule has 1 aliphatic rings. The van der Waals surface area contributed by atoms with Crippen LogP contribution in [0.5, 0.6) is 0 Å². The molecule has 1 aliphatic heterocycles. The second-order valence-corrected chi connectivity index (χ2v) is 14.3. The molecule has 1 fully saturated rings. The van der Waals surface area contributed by atoms with Crippen molar-refractivity contribution in [1.29, 1.82) is 0 Å². The van der Waals surface area contributed by atoms with Crippen molar-refractivity contribution in [3.63, 3.8) is 0 Å². The summed E-state index contributed by atoms with van der Waals surface area (Å²) >= 11 is 0. The van der Waals surface area contributed by atoms with Crippen LogP contribution in [0.4, 0.5) is 0 Å². The number of aliphatic hydroxyl groups excluding tert-OH is 3. The van der Waals surface area contributed by atoms with Gasteiger partial charge in [0.25, 0.3) is 0 Å². The Morgan fingerprint density at radius 2 is 1.25 bits per heavy atom. The molecule has 0 radical (unpaired) electrons. The van der Waals surface area contributed by atoms with E-state index in [-0.39, 0.29) is 25.3 Å². The van der Waals surface area contributed by atoms with Crippen molar-refractivity contribution in [2.75, 3.05) is 26.2 Å². The number of hydrogen-bond donors (Lipinski definition) is 7. The summed E-state index contributed by atoms with van der Waals surface area (Å²) < 4.78 is 6.12. The van der Waals surface area contributed by atoms with Crippen molar-refractivity contribution in [1.82, 2.24) is 15.5 Å². The smallest absolute Gasteiger partial charge is 0.245 e. The van der Waals surface area contributed by atoms with Gasteiger partial charge in [-0.05, 0) is 12.8 Å². The third-order valence-electron chi connectivity index (χ3n) is 9.84. The Hall–Kier alpha value is -2.16. The molecule has 51 heavy (non-hydrogen) atoms. The van der Waals surface area contributed by atoms with Crippen LogP contribution in [0.1, 0.15) is 162 Å². The topological polar surface area (TPSA) is 218 Å². The fourth-order valence-electron chi connectivity index (χ4n) is 6.64. The Labute approximate surface area is 307 Å². The number of nitrogens with two attached hydrogens (primary N) is 2. The van der Waals surface area contributed by atoms with Gasteiger partial charge >= 0.3 is 0 Å². The van der Waals surface area contributed by atoms with Gasteiger partial charge in [-0.2, -0.15) is 0 Å². The van der Waals surface area contributed by atoms with Crippen molar-refractivity contribution in [3.05, 3.63) is 0 Å². The van der Waals surface area contributed by atoms with Crippen molar-refractivity contribution in [3.8, 4) is 0 Å². The summed E-state index contributed by atoms with van der Waals surface area (Å²) in [7, 11) is 0. The minimum atomic E-state index is -1.89. The Morgan fingerprint density at radius 1 is 0.784 bits per heavy atom. The molecular formula is C38H73N5O8. The maximum absolute atomic E-state index is 14.0. The van der Waals surface area contributed by atoms with E-state index in [2.05, 4.69) is 24.5 Å². The van der Waals surface area contributed by atoms with Crippen LogP contribution < -0.4 is 22.1 Å². The first-order valence-electron chi connectivity index (χ1n) is 20.1. The van der Waals surface area contributed by atoms with E-state index in [1.165, 1.54) is 81.9 Å². The van der Waals surface area contributed by atoms with E-state index in [0.29, 0.717) is 12.8 Å². The zero-order chi connectivity index (χ0) is 37.9. The van der Waals surface area contributed by atoms with Gasteiger partial charge in [-0.15, -0.1) is 0 Å². The third kappa shape index (κ3) is 18.9. The lowest BCUT2D eigenvalue weighted by molar-refractivity contribution is -0.280. The fraction of sp³-hybridized carbons (Fsp3) is 0.895. The van der Waals surface area contributed by atoms with Crippen LogP contribution in [0.15, 0.2) is 0 Å². The van der Waals surface area contributed by atoms with E-state index >= 15 is 0 Å². The van der Waals surface area contributed by atoms with E-state index in [1.807, 2.05) is 0 Å². The predicted molar refractivity (Wildman–Crippen MR) is 199 cm³/mol. The van der Waals surface area contributed by atoms with Crippen molar-refractivity contribution >= 4 is 23.5 Å². The minimum Gasteiger partial charge on any atom is -0.394 e. The molecule has 0 aromatic rings. The fourth-order valence-corrected chi connectivity index (χ4v) is 6.64. The standard InChI is InChI=1S/C38H73N5O8/c1-3-5-7-9-11-13-14-15-17-19-21-23-25-43(34(48)24-22-20-18-16-12-10-8-6-4-2)38(26-30(45)36(49)32(29-44)51-38)42-33(47)28-41-37(50)35(40)31(46)27-39/h30,32,35-36,44-45,49H,3-29,39-40H2,1-2H3,(H,41,50)(H,42,47)/t30-,32-,35+,36+,38+/m1/s1. The zero-order valence-corrected chi connectivity index (χ0v) is 31.9. The number of hydrogen-bond acceptors (Lipinski definition) is 10. The van der Waals surface area contributed by atoms with Gasteiger partial charge in [0.2, 0.25) is 23.6 Å². The van der Waals surface area contributed by atoms with E-state index in [1.54, 1.807) is 0 Å². The van der Waals surface area contributed by atoms with Gasteiger partial charge in [-0.1, -0.05) is 136 Å².